The van der Waals surface area contributed by atoms with Crippen LogP contribution in [-0.2, 0) is 0 Å². The minimum atomic E-state index is -0.541. The lowest BCUT2D eigenvalue weighted by Gasteiger charge is -2.07. The first kappa shape index (κ1) is 13.0. The van der Waals surface area contributed by atoms with E-state index in [9.17, 15) is 9.18 Å². The van der Waals surface area contributed by atoms with Crippen LogP contribution < -0.4 is 4.74 Å². The molecule has 0 aliphatic carbocycles. The molecule has 2 rings (SSSR count). The maximum Gasteiger partial charge on any atom is 0.166 e. The lowest BCUT2D eigenvalue weighted by molar-refractivity contribution is 0.101. The van der Waals surface area contributed by atoms with Gasteiger partial charge in [0.15, 0.2) is 17.3 Å². The molecule has 2 aromatic carbocycles. The van der Waals surface area contributed by atoms with Crippen molar-refractivity contribution in [3.63, 3.8) is 0 Å². The van der Waals surface area contributed by atoms with Crippen LogP contribution in [0.2, 0.25) is 0 Å². The van der Waals surface area contributed by atoms with Crippen LogP contribution in [0.25, 0.3) is 0 Å². The van der Waals surface area contributed by atoms with Crippen molar-refractivity contribution in [2.45, 2.75) is 6.92 Å². The predicted octanol–water partition coefficient (Wildman–Crippen LogP) is 4.43. The molecule has 18 heavy (non-hydrogen) atoms. The summed E-state index contributed by atoms with van der Waals surface area (Å²) >= 11 is 2.18. The van der Waals surface area contributed by atoms with Gasteiger partial charge in [-0.3, -0.25) is 4.79 Å². The van der Waals surface area contributed by atoms with E-state index in [0.717, 1.165) is 3.57 Å². The van der Waals surface area contributed by atoms with Crippen molar-refractivity contribution >= 4 is 28.4 Å². The Balaban J connectivity index is 2.24. The number of benzene rings is 2. The molecule has 0 N–H and O–H groups in total. The zero-order chi connectivity index (χ0) is 13.1. The number of ether oxygens (including phenoxy) is 1. The Morgan fingerprint density at radius 2 is 1.83 bits per heavy atom. The molecular weight excluding hydrogens is 346 g/mol. The fourth-order valence-corrected chi connectivity index (χ4v) is 1.79. The molecule has 0 atom stereocenters. The summed E-state index contributed by atoms with van der Waals surface area (Å²) in [5.74, 6) is -0.0398. The van der Waals surface area contributed by atoms with Crippen molar-refractivity contribution < 1.29 is 13.9 Å². The monoisotopic (exact) mass is 356 g/mol. The van der Waals surface area contributed by atoms with Crippen LogP contribution in [0.1, 0.15) is 17.3 Å². The van der Waals surface area contributed by atoms with Gasteiger partial charge in [0.2, 0.25) is 0 Å². The number of Topliss-reactive ketones (excluding diaryl/α,β-unsaturated/α-hetero) is 1. The van der Waals surface area contributed by atoms with Crippen LogP contribution in [0.15, 0.2) is 42.5 Å². The molecule has 0 unspecified atom stereocenters. The molecule has 0 radical (unpaired) electrons. The molecule has 0 heterocycles. The third-order valence-electron chi connectivity index (χ3n) is 2.38. The summed E-state index contributed by atoms with van der Waals surface area (Å²) in [6.07, 6.45) is 0. The first-order valence-corrected chi connectivity index (χ1v) is 6.38. The van der Waals surface area contributed by atoms with E-state index in [1.807, 2.05) is 12.1 Å². The first-order chi connectivity index (χ1) is 8.56. The molecule has 0 saturated heterocycles. The summed E-state index contributed by atoms with van der Waals surface area (Å²) in [6, 6.07) is 11.5. The highest BCUT2D eigenvalue weighted by molar-refractivity contribution is 14.1. The Morgan fingerprint density at radius 3 is 2.39 bits per heavy atom. The molecule has 0 amide bonds. The summed E-state index contributed by atoms with van der Waals surface area (Å²) < 4.78 is 20.2. The Kier molecular flexibility index (Phi) is 3.96. The summed E-state index contributed by atoms with van der Waals surface area (Å²) in [6.45, 7) is 1.40. The van der Waals surface area contributed by atoms with Crippen molar-refractivity contribution in [3.05, 3.63) is 57.4 Å². The molecule has 4 heteroatoms. The van der Waals surface area contributed by atoms with Gasteiger partial charge in [0.25, 0.3) is 0 Å². The van der Waals surface area contributed by atoms with Crippen LogP contribution in [0.4, 0.5) is 4.39 Å². The van der Waals surface area contributed by atoms with Gasteiger partial charge < -0.3 is 4.74 Å². The highest BCUT2D eigenvalue weighted by Gasteiger charge is 2.08. The molecule has 2 aromatic rings. The van der Waals surface area contributed by atoms with E-state index in [1.54, 1.807) is 18.2 Å². The van der Waals surface area contributed by atoms with Crippen LogP contribution in [-0.4, -0.2) is 5.78 Å². The van der Waals surface area contributed by atoms with E-state index in [1.165, 1.54) is 19.1 Å². The zero-order valence-corrected chi connectivity index (χ0v) is 11.8. The third kappa shape index (κ3) is 3.07. The second-order valence-electron chi connectivity index (χ2n) is 3.76. The Bertz CT molecular complexity index is 579. The molecule has 0 bridgehead atoms. The number of carbonyl (C=O) groups excluding carboxylic acids is 1. The van der Waals surface area contributed by atoms with E-state index < -0.39 is 5.82 Å². The summed E-state index contributed by atoms with van der Waals surface area (Å²) in [5, 5.41) is 0. The minimum absolute atomic E-state index is 0.112. The van der Waals surface area contributed by atoms with Crippen LogP contribution in [0, 0.1) is 9.39 Å². The predicted molar refractivity (Wildman–Crippen MR) is 75.6 cm³/mol. The van der Waals surface area contributed by atoms with Crippen molar-refractivity contribution in [1.82, 2.24) is 0 Å². The van der Waals surface area contributed by atoms with Gasteiger partial charge in [0.05, 0.1) is 0 Å². The van der Waals surface area contributed by atoms with E-state index in [4.69, 9.17) is 4.74 Å². The van der Waals surface area contributed by atoms with Gasteiger partial charge >= 0.3 is 0 Å². The quantitative estimate of drug-likeness (QED) is 0.601. The highest BCUT2D eigenvalue weighted by atomic mass is 127. The van der Waals surface area contributed by atoms with Gasteiger partial charge in [-0.05, 0) is 72.0 Å². The average Bonchev–Trinajstić information content (AvgIpc) is 2.34. The summed E-state index contributed by atoms with van der Waals surface area (Å²) in [7, 11) is 0. The molecule has 2 nitrogen and oxygen atoms in total. The fraction of sp³-hybridized carbons (Fsp3) is 0.0714. The summed E-state index contributed by atoms with van der Waals surface area (Å²) in [5.41, 5.74) is 0.336. The van der Waals surface area contributed by atoms with Crippen LogP contribution >= 0.6 is 22.6 Å². The smallest absolute Gasteiger partial charge is 0.166 e. The number of rotatable bonds is 3. The van der Waals surface area contributed by atoms with Gasteiger partial charge in [-0.15, -0.1) is 0 Å². The molecule has 0 fully saturated rings. The summed E-state index contributed by atoms with van der Waals surface area (Å²) in [4.78, 5) is 11.1. The van der Waals surface area contributed by atoms with Crippen molar-refractivity contribution in [1.29, 1.82) is 0 Å². The van der Waals surface area contributed by atoms with Crippen LogP contribution in [0.5, 0.6) is 11.5 Å². The Labute approximate surface area is 118 Å². The molecule has 0 spiro atoms. The van der Waals surface area contributed by atoms with Crippen molar-refractivity contribution in [2.75, 3.05) is 0 Å². The van der Waals surface area contributed by atoms with Gasteiger partial charge in [0, 0.05) is 9.13 Å². The molecule has 92 valence electrons. The van der Waals surface area contributed by atoms with Crippen molar-refractivity contribution in [3.8, 4) is 11.5 Å². The van der Waals surface area contributed by atoms with E-state index in [0.29, 0.717) is 11.3 Å². The average molecular weight is 356 g/mol. The number of hydrogen-bond donors (Lipinski definition) is 0. The lowest BCUT2D eigenvalue weighted by atomic mass is 10.1. The minimum Gasteiger partial charge on any atom is -0.454 e. The Hall–Kier alpha value is -1.43. The third-order valence-corrected chi connectivity index (χ3v) is 3.10. The first-order valence-electron chi connectivity index (χ1n) is 5.30. The number of halogens is 2. The van der Waals surface area contributed by atoms with Crippen LogP contribution in [0.3, 0.4) is 0 Å². The maximum absolute atomic E-state index is 13.7. The fourth-order valence-electron chi connectivity index (χ4n) is 1.43. The lowest BCUT2D eigenvalue weighted by Crippen LogP contribution is -1.95. The van der Waals surface area contributed by atoms with Gasteiger partial charge in [-0.1, -0.05) is 0 Å². The number of hydrogen-bond acceptors (Lipinski definition) is 2. The standard InChI is InChI=1S/C14H10FIO2/c1-9(17)10-2-7-14(13(15)8-10)18-12-5-3-11(16)4-6-12/h2-8H,1H3. The number of ketones is 1. The van der Waals surface area contributed by atoms with E-state index in [2.05, 4.69) is 22.6 Å². The van der Waals surface area contributed by atoms with E-state index in [-0.39, 0.29) is 11.5 Å². The largest absolute Gasteiger partial charge is 0.454 e. The molecule has 0 aromatic heterocycles. The van der Waals surface area contributed by atoms with Crippen molar-refractivity contribution in [2.24, 2.45) is 0 Å². The normalized spacial score (nSPS) is 10.2. The molecular formula is C14H10FIO2. The van der Waals surface area contributed by atoms with Gasteiger partial charge in [-0.25, -0.2) is 4.39 Å². The van der Waals surface area contributed by atoms with Gasteiger partial charge in [0.1, 0.15) is 5.75 Å². The highest BCUT2D eigenvalue weighted by Crippen LogP contribution is 2.25. The second kappa shape index (κ2) is 5.48. The zero-order valence-electron chi connectivity index (χ0n) is 9.61. The van der Waals surface area contributed by atoms with E-state index >= 15 is 0 Å². The second-order valence-corrected chi connectivity index (χ2v) is 5.00. The topological polar surface area (TPSA) is 26.3 Å². The molecule has 0 saturated carbocycles. The molecule has 0 aliphatic rings. The molecule has 0 aliphatic heterocycles. The number of carbonyl (C=O) groups is 1. The Morgan fingerprint density at radius 1 is 1.17 bits per heavy atom. The SMILES string of the molecule is CC(=O)c1ccc(Oc2ccc(I)cc2)c(F)c1. The maximum atomic E-state index is 13.7. The van der Waals surface area contributed by atoms with Gasteiger partial charge in [-0.2, -0.15) is 0 Å².